The molecular formula is C18H15ClN2O3S. The predicted octanol–water partition coefficient (Wildman–Crippen LogP) is 4.45. The number of anilines is 1. The lowest BCUT2D eigenvalue weighted by molar-refractivity contribution is 0.102. The summed E-state index contributed by atoms with van der Waals surface area (Å²) in [6, 6.07) is 14.2. The molecule has 0 fully saturated rings. The Morgan fingerprint density at radius 1 is 1.20 bits per heavy atom. The minimum absolute atomic E-state index is 0.186. The van der Waals surface area contributed by atoms with Crippen molar-refractivity contribution in [3.05, 3.63) is 73.8 Å². The molecule has 1 heterocycles. The van der Waals surface area contributed by atoms with Gasteiger partial charge in [0.15, 0.2) is 5.75 Å². The Morgan fingerprint density at radius 3 is 2.56 bits per heavy atom. The fourth-order valence-electron chi connectivity index (χ4n) is 2.21. The summed E-state index contributed by atoms with van der Waals surface area (Å²) in [5, 5.41) is 3.25. The minimum atomic E-state index is -0.375. The monoisotopic (exact) mass is 374 g/mol. The molecule has 0 aliphatic carbocycles. The van der Waals surface area contributed by atoms with E-state index in [1.807, 2.05) is 30.3 Å². The fraction of sp³-hybridized carbons (Fsp3) is 0.111. The van der Waals surface area contributed by atoms with Crippen LogP contribution in [0.4, 0.5) is 5.69 Å². The first kappa shape index (κ1) is 17.3. The van der Waals surface area contributed by atoms with Crippen LogP contribution in [0.25, 0.3) is 0 Å². The summed E-state index contributed by atoms with van der Waals surface area (Å²) in [6.07, 6.45) is 0. The molecule has 0 aliphatic heterocycles. The van der Waals surface area contributed by atoms with Gasteiger partial charge in [-0.15, -0.1) is 0 Å². The number of hydrogen-bond acceptors (Lipinski definition) is 4. The first-order chi connectivity index (χ1) is 12.0. The molecule has 0 aliphatic rings. The molecule has 25 heavy (non-hydrogen) atoms. The number of carbonyl (C=O) groups is 1. The lowest BCUT2D eigenvalue weighted by Gasteiger charge is -2.12. The third kappa shape index (κ3) is 3.75. The number of ether oxygens (including phenoxy) is 1. The number of rotatable bonds is 4. The van der Waals surface area contributed by atoms with E-state index in [1.54, 1.807) is 32.2 Å². The van der Waals surface area contributed by atoms with Crippen molar-refractivity contribution >= 4 is 34.5 Å². The summed E-state index contributed by atoms with van der Waals surface area (Å²) >= 11 is 6.96. The third-order valence-corrected chi connectivity index (χ3v) is 5.03. The van der Waals surface area contributed by atoms with Gasteiger partial charge in [-0.2, -0.15) is 0 Å². The zero-order valence-corrected chi connectivity index (χ0v) is 15.1. The molecular weight excluding hydrogens is 360 g/mol. The molecule has 0 atom stereocenters. The van der Waals surface area contributed by atoms with Crippen molar-refractivity contribution in [3.63, 3.8) is 0 Å². The van der Waals surface area contributed by atoms with Crippen molar-refractivity contribution in [2.45, 2.75) is 6.92 Å². The van der Waals surface area contributed by atoms with Crippen LogP contribution in [0.5, 0.6) is 11.5 Å². The zero-order chi connectivity index (χ0) is 18.0. The van der Waals surface area contributed by atoms with Crippen LogP contribution < -0.4 is 14.9 Å². The number of hydrogen-bond donors (Lipinski definition) is 1. The van der Waals surface area contributed by atoms with Gasteiger partial charge in [-0.25, -0.2) is 0 Å². The summed E-state index contributed by atoms with van der Waals surface area (Å²) in [6.45, 7) is 1.73. The van der Waals surface area contributed by atoms with E-state index in [9.17, 15) is 9.59 Å². The quantitative estimate of drug-likeness (QED) is 0.733. The van der Waals surface area contributed by atoms with Gasteiger partial charge < -0.3 is 14.6 Å². The Kier molecular flexibility index (Phi) is 4.92. The zero-order valence-electron chi connectivity index (χ0n) is 13.6. The molecule has 0 radical (unpaired) electrons. The smallest absolute Gasteiger partial charge is 0.307 e. The summed E-state index contributed by atoms with van der Waals surface area (Å²) < 4.78 is 7.27. The average Bonchev–Trinajstić information content (AvgIpc) is 2.86. The van der Waals surface area contributed by atoms with Gasteiger partial charge in [-0.05, 0) is 37.3 Å². The Bertz CT molecular complexity index is 980. The molecule has 3 aromatic rings. The lowest BCUT2D eigenvalue weighted by atomic mass is 10.2. The Labute approximate surface area is 153 Å². The minimum Gasteiger partial charge on any atom is -0.455 e. The lowest BCUT2D eigenvalue weighted by Crippen LogP contribution is -2.13. The highest BCUT2D eigenvalue weighted by molar-refractivity contribution is 7.11. The molecule has 1 N–H and O–H groups in total. The maximum Gasteiger partial charge on any atom is 0.307 e. The molecule has 0 unspecified atom stereocenters. The van der Waals surface area contributed by atoms with Gasteiger partial charge in [0.25, 0.3) is 5.91 Å². The van der Waals surface area contributed by atoms with Crippen molar-refractivity contribution in [3.8, 4) is 11.5 Å². The summed E-state index contributed by atoms with van der Waals surface area (Å²) in [5.74, 6) is 0.728. The maximum atomic E-state index is 12.6. The number of amides is 1. The average molecular weight is 375 g/mol. The predicted molar refractivity (Wildman–Crippen MR) is 100 cm³/mol. The normalized spacial score (nSPS) is 10.5. The van der Waals surface area contributed by atoms with Crippen LogP contribution in [0.15, 0.2) is 53.3 Å². The number of benzene rings is 2. The molecule has 128 valence electrons. The van der Waals surface area contributed by atoms with E-state index in [0.29, 0.717) is 32.8 Å². The van der Waals surface area contributed by atoms with E-state index in [0.717, 1.165) is 11.3 Å². The van der Waals surface area contributed by atoms with Crippen LogP contribution in [0.3, 0.4) is 0 Å². The molecule has 1 amide bonds. The van der Waals surface area contributed by atoms with Gasteiger partial charge >= 0.3 is 4.87 Å². The van der Waals surface area contributed by atoms with Crippen LogP contribution in [0.1, 0.15) is 15.4 Å². The van der Waals surface area contributed by atoms with Crippen LogP contribution >= 0.6 is 22.9 Å². The second-order valence-corrected chi connectivity index (χ2v) is 6.75. The van der Waals surface area contributed by atoms with Crippen LogP contribution in [0.2, 0.25) is 5.02 Å². The van der Waals surface area contributed by atoms with Crippen molar-refractivity contribution < 1.29 is 9.53 Å². The largest absolute Gasteiger partial charge is 0.455 e. The molecule has 0 spiro atoms. The van der Waals surface area contributed by atoms with E-state index in [1.165, 1.54) is 4.57 Å². The summed E-state index contributed by atoms with van der Waals surface area (Å²) in [7, 11) is 1.63. The van der Waals surface area contributed by atoms with Gasteiger partial charge in [-0.3, -0.25) is 9.59 Å². The van der Waals surface area contributed by atoms with Crippen LogP contribution in [0, 0.1) is 6.92 Å². The standard InChI is InChI=1S/C18H15ClN2O3S/c1-11-16(25-18(23)21(11)2)17(22)20-14-10-12(19)8-9-15(14)24-13-6-4-3-5-7-13/h3-10H,1-2H3,(H,20,22). The number of halogens is 1. The third-order valence-electron chi connectivity index (χ3n) is 3.66. The highest BCUT2D eigenvalue weighted by Crippen LogP contribution is 2.32. The molecule has 0 saturated heterocycles. The number of nitrogens with zero attached hydrogens (tertiary/aromatic N) is 1. The number of para-hydroxylation sites is 1. The number of carbonyl (C=O) groups excluding carboxylic acids is 1. The van der Waals surface area contributed by atoms with E-state index in [-0.39, 0.29) is 10.8 Å². The molecule has 5 nitrogen and oxygen atoms in total. The molecule has 0 bridgehead atoms. The number of aromatic nitrogens is 1. The Morgan fingerprint density at radius 2 is 1.92 bits per heavy atom. The van der Waals surface area contributed by atoms with Gasteiger partial charge in [0.05, 0.1) is 5.69 Å². The van der Waals surface area contributed by atoms with E-state index < -0.39 is 0 Å². The summed E-state index contributed by atoms with van der Waals surface area (Å²) in [5.41, 5.74) is 1.05. The Hall–Kier alpha value is -2.57. The molecule has 3 rings (SSSR count). The second kappa shape index (κ2) is 7.13. The summed E-state index contributed by atoms with van der Waals surface area (Å²) in [4.78, 5) is 24.5. The molecule has 0 saturated carbocycles. The van der Waals surface area contributed by atoms with Crippen LogP contribution in [-0.2, 0) is 7.05 Å². The Balaban J connectivity index is 1.91. The highest BCUT2D eigenvalue weighted by Gasteiger charge is 2.18. The SMILES string of the molecule is Cc1c(C(=O)Nc2cc(Cl)ccc2Oc2ccccc2)sc(=O)n1C. The highest BCUT2D eigenvalue weighted by atomic mass is 35.5. The molecule has 7 heteroatoms. The van der Waals surface area contributed by atoms with Crippen LogP contribution in [-0.4, -0.2) is 10.5 Å². The molecule has 1 aromatic heterocycles. The number of nitrogens with one attached hydrogen (secondary N) is 1. The topological polar surface area (TPSA) is 60.3 Å². The van der Waals surface area contributed by atoms with Crippen molar-refractivity contribution in [2.75, 3.05) is 5.32 Å². The molecule has 2 aromatic carbocycles. The van der Waals surface area contributed by atoms with E-state index in [2.05, 4.69) is 5.32 Å². The second-order valence-electron chi connectivity index (χ2n) is 5.35. The maximum absolute atomic E-state index is 12.6. The van der Waals surface area contributed by atoms with E-state index in [4.69, 9.17) is 16.3 Å². The van der Waals surface area contributed by atoms with Crippen molar-refractivity contribution in [2.24, 2.45) is 7.05 Å². The van der Waals surface area contributed by atoms with Gasteiger partial charge in [0.1, 0.15) is 10.6 Å². The van der Waals surface area contributed by atoms with E-state index >= 15 is 0 Å². The van der Waals surface area contributed by atoms with Crippen molar-refractivity contribution in [1.29, 1.82) is 0 Å². The first-order valence-corrected chi connectivity index (χ1v) is 8.65. The van der Waals surface area contributed by atoms with Crippen molar-refractivity contribution in [1.82, 2.24) is 4.57 Å². The first-order valence-electron chi connectivity index (χ1n) is 7.46. The number of thiazole rings is 1. The van der Waals surface area contributed by atoms with Gasteiger partial charge in [0, 0.05) is 17.8 Å². The van der Waals surface area contributed by atoms with Gasteiger partial charge in [-0.1, -0.05) is 41.1 Å². The van der Waals surface area contributed by atoms with Gasteiger partial charge in [0.2, 0.25) is 0 Å². The fourth-order valence-corrected chi connectivity index (χ4v) is 3.26.